The molecule has 2 unspecified atom stereocenters. The van der Waals surface area contributed by atoms with Crippen molar-refractivity contribution in [3.63, 3.8) is 0 Å². The maximum atomic E-state index is 5.90. The second-order valence-corrected chi connectivity index (χ2v) is 5.03. The number of nitrogens with one attached hydrogen (secondary N) is 1. The molecular formula is C11H20N4. The van der Waals surface area contributed by atoms with Crippen molar-refractivity contribution < 1.29 is 0 Å². The zero-order valence-electron chi connectivity index (χ0n) is 9.15. The summed E-state index contributed by atoms with van der Waals surface area (Å²) >= 11 is 0. The fourth-order valence-electron chi connectivity index (χ4n) is 2.86. The Morgan fingerprint density at radius 1 is 1.20 bits per heavy atom. The van der Waals surface area contributed by atoms with E-state index >= 15 is 0 Å². The second kappa shape index (κ2) is 3.67. The molecule has 1 aliphatic carbocycles. The molecule has 0 radical (unpaired) electrons. The Morgan fingerprint density at radius 3 is 2.87 bits per heavy atom. The first-order chi connectivity index (χ1) is 7.33. The molecule has 0 aromatic rings. The molecule has 4 nitrogen and oxygen atoms in total. The molecule has 4 heteroatoms. The van der Waals surface area contributed by atoms with Gasteiger partial charge in [0.1, 0.15) is 0 Å². The smallest absolute Gasteiger partial charge is 0.189 e. The molecule has 15 heavy (non-hydrogen) atoms. The molecule has 2 heterocycles. The lowest BCUT2D eigenvalue weighted by Crippen LogP contribution is -2.36. The summed E-state index contributed by atoms with van der Waals surface area (Å²) in [5, 5.41) is 3.27. The molecule has 0 aromatic heterocycles. The SMILES string of the molecule is NC(=NC1CCN2CCCC12)NC1CC1. The highest BCUT2D eigenvalue weighted by Crippen LogP contribution is 2.29. The van der Waals surface area contributed by atoms with Gasteiger partial charge in [-0.05, 0) is 38.6 Å². The van der Waals surface area contributed by atoms with E-state index in [1.54, 1.807) is 0 Å². The Balaban J connectivity index is 1.61. The van der Waals surface area contributed by atoms with Crippen LogP contribution in [0.3, 0.4) is 0 Å². The number of fused-ring (bicyclic) bond motifs is 1. The van der Waals surface area contributed by atoms with Crippen molar-refractivity contribution in [2.24, 2.45) is 10.7 Å². The van der Waals surface area contributed by atoms with E-state index in [1.807, 2.05) is 0 Å². The summed E-state index contributed by atoms with van der Waals surface area (Å²) in [4.78, 5) is 7.21. The van der Waals surface area contributed by atoms with E-state index in [0.29, 0.717) is 24.1 Å². The number of guanidine groups is 1. The minimum absolute atomic E-state index is 0.457. The van der Waals surface area contributed by atoms with Crippen LogP contribution in [-0.4, -0.2) is 42.1 Å². The van der Waals surface area contributed by atoms with E-state index in [1.165, 1.54) is 45.2 Å². The molecule has 2 saturated heterocycles. The second-order valence-electron chi connectivity index (χ2n) is 5.03. The van der Waals surface area contributed by atoms with Crippen LogP contribution >= 0.6 is 0 Å². The van der Waals surface area contributed by atoms with Crippen LogP contribution in [0.15, 0.2) is 4.99 Å². The van der Waals surface area contributed by atoms with Gasteiger partial charge in [-0.3, -0.25) is 4.90 Å². The Morgan fingerprint density at radius 2 is 2.07 bits per heavy atom. The third kappa shape index (κ3) is 1.95. The highest BCUT2D eigenvalue weighted by molar-refractivity contribution is 5.78. The predicted octanol–water partition coefficient (Wildman–Crippen LogP) is 0.290. The molecule has 3 fully saturated rings. The van der Waals surface area contributed by atoms with Gasteiger partial charge in [0, 0.05) is 18.6 Å². The Labute approximate surface area is 90.9 Å². The molecule has 0 bridgehead atoms. The van der Waals surface area contributed by atoms with E-state index in [4.69, 9.17) is 5.73 Å². The van der Waals surface area contributed by atoms with Crippen molar-refractivity contribution in [3.05, 3.63) is 0 Å². The van der Waals surface area contributed by atoms with Crippen molar-refractivity contribution in [1.29, 1.82) is 0 Å². The van der Waals surface area contributed by atoms with Crippen LogP contribution in [0.25, 0.3) is 0 Å². The average Bonchev–Trinajstić information content (AvgIpc) is 2.78. The van der Waals surface area contributed by atoms with Gasteiger partial charge in [-0.15, -0.1) is 0 Å². The highest BCUT2D eigenvalue weighted by Gasteiger charge is 2.37. The Hall–Kier alpha value is -0.770. The third-order valence-corrected chi connectivity index (χ3v) is 3.80. The van der Waals surface area contributed by atoms with Crippen LogP contribution < -0.4 is 11.1 Å². The van der Waals surface area contributed by atoms with E-state index in [0.717, 1.165) is 0 Å². The molecule has 0 aromatic carbocycles. The van der Waals surface area contributed by atoms with Crippen molar-refractivity contribution >= 4 is 5.96 Å². The molecular weight excluding hydrogens is 188 g/mol. The fraction of sp³-hybridized carbons (Fsp3) is 0.909. The monoisotopic (exact) mass is 208 g/mol. The number of hydrogen-bond acceptors (Lipinski definition) is 2. The summed E-state index contributed by atoms with van der Waals surface area (Å²) in [5.74, 6) is 0.677. The zero-order chi connectivity index (χ0) is 10.3. The van der Waals surface area contributed by atoms with Gasteiger partial charge in [-0.1, -0.05) is 0 Å². The number of nitrogens with two attached hydrogens (primary N) is 1. The summed E-state index contributed by atoms with van der Waals surface area (Å²) in [7, 11) is 0. The summed E-state index contributed by atoms with van der Waals surface area (Å²) in [6.45, 7) is 2.49. The maximum absolute atomic E-state index is 5.90. The van der Waals surface area contributed by atoms with Crippen LogP contribution in [-0.2, 0) is 0 Å². The number of rotatable bonds is 2. The molecule has 3 N–H and O–H groups in total. The first-order valence-corrected chi connectivity index (χ1v) is 6.17. The first kappa shape index (κ1) is 9.46. The predicted molar refractivity (Wildman–Crippen MR) is 60.8 cm³/mol. The minimum Gasteiger partial charge on any atom is -0.370 e. The topological polar surface area (TPSA) is 53.6 Å². The molecule has 3 aliphatic rings. The van der Waals surface area contributed by atoms with E-state index in [2.05, 4.69) is 15.2 Å². The van der Waals surface area contributed by atoms with Crippen molar-refractivity contribution in [3.8, 4) is 0 Å². The van der Waals surface area contributed by atoms with Crippen LogP contribution in [0.1, 0.15) is 32.1 Å². The van der Waals surface area contributed by atoms with Gasteiger partial charge in [-0.2, -0.15) is 0 Å². The van der Waals surface area contributed by atoms with Gasteiger partial charge in [-0.25, -0.2) is 4.99 Å². The van der Waals surface area contributed by atoms with E-state index in [-0.39, 0.29) is 0 Å². The molecule has 1 saturated carbocycles. The van der Waals surface area contributed by atoms with Gasteiger partial charge in [0.2, 0.25) is 0 Å². The minimum atomic E-state index is 0.457. The molecule has 2 atom stereocenters. The average molecular weight is 208 g/mol. The molecule has 0 spiro atoms. The van der Waals surface area contributed by atoms with Crippen LogP contribution in [0, 0.1) is 0 Å². The number of nitrogens with zero attached hydrogens (tertiary/aromatic N) is 2. The summed E-state index contributed by atoms with van der Waals surface area (Å²) in [6.07, 6.45) is 6.36. The number of aliphatic imine (C=N–C) groups is 1. The lowest BCUT2D eigenvalue weighted by Gasteiger charge is -2.17. The van der Waals surface area contributed by atoms with Crippen LogP contribution in [0.5, 0.6) is 0 Å². The van der Waals surface area contributed by atoms with Crippen LogP contribution in [0.2, 0.25) is 0 Å². The largest absolute Gasteiger partial charge is 0.370 e. The third-order valence-electron chi connectivity index (χ3n) is 3.80. The van der Waals surface area contributed by atoms with Crippen molar-refractivity contribution in [2.45, 2.75) is 50.2 Å². The number of hydrogen-bond donors (Lipinski definition) is 2. The van der Waals surface area contributed by atoms with Gasteiger partial charge in [0.05, 0.1) is 6.04 Å². The summed E-state index contributed by atoms with van der Waals surface area (Å²) in [6, 6.07) is 1.76. The molecule has 3 rings (SSSR count). The lowest BCUT2D eigenvalue weighted by atomic mass is 10.1. The first-order valence-electron chi connectivity index (χ1n) is 6.17. The summed E-state index contributed by atoms with van der Waals surface area (Å²) in [5.41, 5.74) is 5.90. The van der Waals surface area contributed by atoms with Gasteiger partial charge in [0.15, 0.2) is 5.96 Å². The molecule has 0 amide bonds. The summed E-state index contributed by atoms with van der Waals surface area (Å²) < 4.78 is 0. The van der Waals surface area contributed by atoms with Gasteiger partial charge >= 0.3 is 0 Å². The Kier molecular flexibility index (Phi) is 2.31. The van der Waals surface area contributed by atoms with E-state index < -0.39 is 0 Å². The van der Waals surface area contributed by atoms with Crippen LogP contribution in [0.4, 0.5) is 0 Å². The van der Waals surface area contributed by atoms with E-state index in [9.17, 15) is 0 Å². The van der Waals surface area contributed by atoms with Crippen molar-refractivity contribution in [2.75, 3.05) is 13.1 Å². The Bertz CT molecular complexity index is 272. The van der Waals surface area contributed by atoms with Gasteiger partial charge in [0.25, 0.3) is 0 Å². The zero-order valence-corrected chi connectivity index (χ0v) is 9.15. The van der Waals surface area contributed by atoms with Gasteiger partial charge < -0.3 is 11.1 Å². The maximum Gasteiger partial charge on any atom is 0.189 e. The van der Waals surface area contributed by atoms with Crippen molar-refractivity contribution in [1.82, 2.24) is 10.2 Å². The molecule has 2 aliphatic heterocycles. The normalized spacial score (nSPS) is 36.9. The molecule has 84 valence electrons. The quantitative estimate of drug-likeness (QED) is 0.506. The lowest BCUT2D eigenvalue weighted by molar-refractivity contribution is 0.314. The highest BCUT2D eigenvalue weighted by atomic mass is 15.2. The standard InChI is InChI=1S/C11H20N4/c12-11(13-8-3-4-8)14-9-5-7-15-6-1-2-10(9)15/h8-10H,1-7H2,(H3,12,13,14). The fourth-order valence-corrected chi connectivity index (χ4v) is 2.86.